The molecule has 0 fully saturated rings. The summed E-state index contributed by atoms with van der Waals surface area (Å²) < 4.78 is 27.9. The number of phosphoric acid groups is 1. The molecule has 0 aromatic heterocycles. The molecule has 0 aliphatic rings. The Morgan fingerprint density at radius 1 is 0.842 bits per heavy atom. The van der Waals surface area contributed by atoms with E-state index in [9.17, 15) is 4.57 Å². The van der Waals surface area contributed by atoms with E-state index in [0.717, 1.165) is 6.26 Å². The minimum Gasteiger partial charge on any atom is -0.395 e. The van der Waals surface area contributed by atoms with Crippen molar-refractivity contribution in [1.29, 1.82) is 0 Å². The molecular weight excluding hydrogens is 263 g/mol. The zero-order valence-electron chi connectivity index (χ0n) is 10.1. The lowest BCUT2D eigenvalue weighted by Crippen LogP contribution is -2.02. The Kier molecular flexibility index (Phi) is 4.26. The summed E-state index contributed by atoms with van der Waals surface area (Å²) in [5.74, 6) is 0.784. The lowest BCUT2D eigenvalue weighted by atomic mass is 10.3. The molecule has 0 aliphatic heterocycles. The summed E-state index contributed by atoms with van der Waals surface area (Å²) in [6.07, 6.45) is 1.03. The van der Waals surface area contributed by atoms with Crippen molar-refractivity contribution in [1.82, 2.24) is 0 Å². The summed E-state index contributed by atoms with van der Waals surface area (Å²) in [4.78, 5) is 0. The van der Waals surface area contributed by atoms with E-state index in [2.05, 4.69) is 6.58 Å². The van der Waals surface area contributed by atoms with Crippen molar-refractivity contribution in [3.8, 4) is 11.5 Å². The largest absolute Gasteiger partial charge is 0.646 e. The Labute approximate surface area is 111 Å². The molecule has 2 aromatic carbocycles. The maximum atomic E-state index is 12.4. The van der Waals surface area contributed by atoms with Crippen molar-refractivity contribution in [2.24, 2.45) is 0 Å². The molecule has 0 aliphatic carbocycles. The molecule has 0 radical (unpaired) electrons. The molecule has 0 atom stereocenters. The van der Waals surface area contributed by atoms with E-state index < -0.39 is 7.82 Å². The number of para-hydroxylation sites is 2. The predicted molar refractivity (Wildman–Crippen MR) is 73.0 cm³/mol. The van der Waals surface area contributed by atoms with Gasteiger partial charge < -0.3 is 13.6 Å². The first-order valence-electron chi connectivity index (χ1n) is 5.60. The molecule has 0 saturated carbocycles. The van der Waals surface area contributed by atoms with Crippen LogP contribution < -0.4 is 9.05 Å². The quantitative estimate of drug-likeness (QED) is 0.579. The van der Waals surface area contributed by atoms with Crippen LogP contribution in [0.3, 0.4) is 0 Å². The van der Waals surface area contributed by atoms with E-state index in [0.29, 0.717) is 11.5 Å². The van der Waals surface area contributed by atoms with Crippen LogP contribution in [0.4, 0.5) is 0 Å². The third-order valence-electron chi connectivity index (χ3n) is 2.12. The summed E-state index contributed by atoms with van der Waals surface area (Å²) in [6.45, 7) is 3.37. The van der Waals surface area contributed by atoms with Gasteiger partial charge in [0.2, 0.25) is 0 Å². The van der Waals surface area contributed by atoms with Gasteiger partial charge in [0.05, 0.1) is 6.26 Å². The fourth-order valence-corrected chi connectivity index (χ4v) is 2.44. The van der Waals surface area contributed by atoms with Crippen LogP contribution in [0.1, 0.15) is 0 Å². The zero-order chi connectivity index (χ0) is 13.6. The Morgan fingerprint density at radius 3 is 1.63 bits per heavy atom. The van der Waals surface area contributed by atoms with Crippen molar-refractivity contribution in [2.75, 3.05) is 0 Å². The van der Waals surface area contributed by atoms with Gasteiger partial charge in [0.1, 0.15) is 11.5 Å². The summed E-state index contributed by atoms with van der Waals surface area (Å²) in [5, 5.41) is 0. The second-order valence-electron chi connectivity index (χ2n) is 3.53. The normalized spacial score (nSPS) is 10.5. The maximum absolute atomic E-state index is 12.4. The van der Waals surface area contributed by atoms with Crippen LogP contribution >= 0.6 is 7.82 Å². The lowest BCUT2D eigenvalue weighted by Gasteiger charge is -2.17. The molecule has 0 heterocycles. The van der Waals surface area contributed by atoms with Gasteiger partial charge >= 0.3 is 7.82 Å². The highest BCUT2D eigenvalue weighted by molar-refractivity contribution is 7.49. The molecule has 98 valence electrons. The van der Waals surface area contributed by atoms with Gasteiger partial charge in [0, 0.05) is 0 Å². The first-order valence-corrected chi connectivity index (χ1v) is 7.06. The molecule has 0 unspecified atom stereocenters. The van der Waals surface area contributed by atoms with E-state index in [1.165, 1.54) is 0 Å². The Hall–Kier alpha value is -2.19. The van der Waals surface area contributed by atoms with Crippen LogP contribution in [0.25, 0.3) is 0 Å². The topological polar surface area (TPSA) is 44.8 Å². The average Bonchev–Trinajstić information content (AvgIpc) is 2.41. The van der Waals surface area contributed by atoms with E-state index in [1.54, 1.807) is 48.5 Å². The molecule has 0 N–H and O–H groups in total. The molecule has 0 amide bonds. The fraction of sp³-hybridized carbons (Fsp3) is 0. The second kappa shape index (κ2) is 6.12. The maximum Gasteiger partial charge on any atom is 0.646 e. The van der Waals surface area contributed by atoms with Crippen LogP contribution in [0.2, 0.25) is 0 Å². The van der Waals surface area contributed by atoms with Gasteiger partial charge in [-0.3, -0.25) is 0 Å². The number of benzene rings is 2. The molecule has 0 saturated heterocycles. The van der Waals surface area contributed by atoms with Crippen molar-refractivity contribution >= 4 is 7.82 Å². The Balaban J connectivity index is 2.18. The summed E-state index contributed by atoms with van der Waals surface area (Å²) >= 11 is 0. The van der Waals surface area contributed by atoms with Gasteiger partial charge in [0.15, 0.2) is 0 Å². The standard InChI is InChI=1S/C14H13O4P/c1-2-16-19(15,17-13-9-5-3-6-10-13)18-14-11-7-4-8-12-14/h2-12H,1H2. The SMILES string of the molecule is C=COP(=O)(Oc1ccccc1)Oc1ccccc1. The van der Waals surface area contributed by atoms with Crippen LogP contribution in [-0.2, 0) is 9.09 Å². The smallest absolute Gasteiger partial charge is 0.395 e. The summed E-state index contributed by atoms with van der Waals surface area (Å²) in [6, 6.07) is 17.3. The van der Waals surface area contributed by atoms with Gasteiger partial charge in [-0.15, -0.1) is 0 Å². The van der Waals surface area contributed by atoms with E-state index in [-0.39, 0.29) is 0 Å². The highest BCUT2D eigenvalue weighted by Gasteiger charge is 2.31. The summed E-state index contributed by atoms with van der Waals surface area (Å²) in [7, 11) is -3.78. The summed E-state index contributed by atoms with van der Waals surface area (Å²) in [5.41, 5.74) is 0. The van der Waals surface area contributed by atoms with Gasteiger partial charge in [-0.05, 0) is 24.3 Å². The molecule has 0 spiro atoms. The van der Waals surface area contributed by atoms with Gasteiger partial charge in [-0.1, -0.05) is 43.0 Å². The van der Waals surface area contributed by atoms with Gasteiger partial charge in [-0.2, -0.15) is 4.57 Å². The minimum absolute atomic E-state index is 0.392. The van der Waals surface area contributed by atoms with E-state index >= 15 is 0 Å². The monoisotopic (exact) mass is 276 g/mol. The number of phosphoric ester groups is 1. The van der Waals surface area contributed by atoms with Crippen LogP contribution in [-0.4, -0.2) is 0 Å². The van der Waals surface area contributed by atoms with Crippen LogP contribution in [0, 0.1) is 0 Å². The molecule has 2 rings (SSSR count). The Bertz CT molecular complexity index is 523. The highest BCUT2D eigenvalue weighted by atomic mass is 31.2. The van der Waals surface area contributed by atoms with Gasteiger partial charge in [-0.25, -0.2) is 0 Å². The average molecular weight is 276 g/mol. The first-order chi connectivity index (χ1) is 9.22. The molecule has 5 heteroatoms. The number of hydrogen-bond acceptors (Lipinski definition) is 4. The van der Waals surface area contributed by atoms with Crippen molar-refractivity contribution in [3.05, 3.63) is 73.5 Å². The van der Waals surface area contributed by atoms with Crippen molar-refractivity contribution in [2.45, 2.75) is 0 Å². The third kappa shape index (κ3) is 3.90. The zero-order valence-corrected chi connectivity index (χ0v) is 11.0. The molecular formula is C14H13O4P. The third-order valence-corrected chi connectivity index (χ3v) is 3.40. The predicted octanol–water partition coefficient (Wildman–Crippen LogP) is 4.41. The minimum atomic E-state index is -3.78. The Morgan fingerprint density at radius 2 is 1.26 bits per heavy atom. The van der Waals surface area contributed by atoms with Crippen molar-refractivity contribution < 1.29 is 18.1 Å². The fourth-order valence-electron chi connectivity index (χ4n) is 1.37. The highest BCUT2D eigenvalue weighted by Crippen LogP contribution is 2.49. The number of rotatable bonds is 6. The van der Waals surface area contributed by atoms with Crippen LogP contribution in [0.5, 0.6) is 11.5 Å². The van der Waals surface area contributed by atoms with Gasteiger partial charge in [0.25, 0.3) is 0 Å². The number of hydrogen-bond donors (Lipinski definition) is 0. The molecule has 0 bridgehead atoms. The molecule has 4 nitrogen and oxygen atoms in total. The van der Waals surface area contributed by atoms with Crippen LogP contribution in [0.15, 0.2) is 73.5 Å². The van der Waals surface area contributed by atoms with Crippen molar-refractivity contribution in [3.63, 3.8) is 0 Å². The molecule has 2 aromatic rings. The molecule has 19 heavy (non-hydrogen) atoms. The second-order valence-corrected chi connectivity index (χ2v) is 5.00. The van der Waals surface area contributed by atoms with E-state index in [1.807, 2.05) is 12.1 Å². The first kappa shape index (κ1) is 13.2. The van der Waals surface area contributed by atoms with E-state index in [4.69, 9.17) is 13.6 Å². The lowest BCUT2D eigenvalue weighted by molar-refractivity contribution is 0.274.